The molecule has 0 heterocycles. The molecule has 2 nitrogen and oxygen atoms in total. The first-order chi connectivity index (χ1) is 7.70. The highest BCUT2D eigenvalue weighted by Gasteiger charge is 1.93. The van der Waals surface area contributed by atoms with Crippen LogP contribution in [0.1, 0.15) is 79.1 Å². The molecule has 0 amide bonds. The van der Waals surface area contributed by atoms with Gasteiger partial charge in [0, 0.05) is 11.4 Å². The molecule has 0 radical (unpaired) electrons. The van der Waals surface area contributed by atoms with E-state index in [4.69, 9.17) is 0 Å². The Morgan fingerprint density at radius 3 is 1.81 bits per heavy atom. The van der Waals surface area contributed by atoms with E-state index in [-0.39, 0.29) is 0 Å². The van der Waals surface area contributed by atoms with Crippen molar-refractivity contribution in [3.8, 4) is 0 Å². The van der Waals surface area contributed by atoms with Crippen LogP contribution in [0.5, 0.6) is 0 Å². The fourth-order valence-electron chi connectivity index (χ4n) is 1.62. The van der Waals surface area contributed by atoms with Gasteiger partial charge >= 0.3 is 0 Å². The van der Waals surface area contributed by atoms with Crippen LogP contribution in [0.3, 0.4) is 0 Å². The Bertz CT molecular complexity index is 217. The minimum atomic E-state index is 1.06. The average molecular weight is 224 g/mol. The normalized spacial score (nSPS) is 13.2. The van der Waals surface area contributed by atoms with Crippen LogP contribution in [-0.4, -0.2) is 11.4 Å². The molecule has 0 spiro atoms. The van der Waals surface area contributed by atoms with Gasteiger partial charge in [-0.2, -0.15) is 10.2 Å². The molecule has 0 aliphatic carbocycles. The van der Waals surface area contributed by atoms with E-state index in [0.29, 0.717) is 0 Å². The van der Waals surface area contributed by atoms with Crippen molar-refractivity contribution >= 4 is 11.4 Å². The first-order valence-corrected chi connectivity index (χ1v) is 6.77. The number of unbranched alkanes of at least 4 members (excludes halogenated alkanes) is 4. The van der Waals surface area contributed by atoms with Gasteiger partial charge in [0.1, 0.15) is 0 Å². The fraction of sp³-hybridized carbons (Fsp3) is 0.857. The molecule has 0 atom stereocenters. The molecule has 0 saturated heterocycles. The Labute approximate surface area is 101 Å². The standard InChI is InChI=1S/C14H28N2/c1-5-7-8-9-10-12-14(4)16-15-13(3)11-6-2/h5-12H2,1-4H3/b15-13-,16-14-. The van der Waals surface area contributed by atoms with Crippen molar-refractivity contribution in [2.24, 2.45) is 10.2 Å². The molecule has 94 valence electrons. The Morgan fingerprint density at radius 1 is 0.688 bits per heavy atom. The van der Waals surface area contributed by atoms with E-state index in [9.17, 15) is 0 Å². The van der Waals surface area contributed by atoms with Gasteiger partial charge in [-0.15, -0.1) is 0 Å². The van der Waals surface area contributed by atoms with Gasteiger partial charge in [-0.1, -0.05) is 46.0 Å². The monoisotopic (exact) mass is 224 g/mol. The van der Waals surface area contributed by atoms with E-state index >= 15 is 0 Å². The predicted octanol–water partition coefficient (Wildman–Crippen LogP) is 4.98. The third-order valence-corrected chi connectivity index (χ3v) is 2.65. The van der Waals surface area contributed by atoms with Crippen molar-refractivity contribution in [1.82, 2.24) is 0 Å². The second-order valence-corrected chi connectivity index (χ2v) is 4.58. The van der Waals surface area contributed by atoms with Gasteiger partial charge in [-0.05, 0) is 33.1 Å². The third-order valence-electron chi connectivity index (χ3n) is 2.65. The summed E-state index contributed by atoms with van der Waals surface area (Å²) in [4.78, 5) is 0. The smallest absolute Gasteiger partial charge is 0.0375 e. The number of rotatable bonds is 9. The Morgan fingerprint density at radius 2 is 1.25 bits per heavy atom. The summed E-state index contributed by atoms with van der Waals surface area (Å²) < 4.78 is 0. The lowest BCUT2D eigenvalue weighted by Gasteiger charge is -1.99. The molecule has 0 aliphatic heterocycles. The fourth-order valence-corrected chi connectivity index (χ4v) is 1.62. The Balaban J connectivity index is 3.66. The van der Waals surface area contributed by atoms with E-state index < -0.39 is 0 Å². The van der Waals surface area contributed by atoms with Gasteiger partial charge in [0.25, 0.3) is 0 Å². The van der Waals surface area contributed by atoms with Gasteiger partial charge in [0.15, 0.2) is 0 Å². The summed E-state index contributed by atoms with van der Waals surface area (Å²) >= 11 is 0. The molecule has 0 bridgehead atoms. The lowest BCUT2D eigenvalue weighted by Crippen LogP contribution is -1.93. The lowest BCUT2D eigenvalue weighted by molar-refractivity contribution is 0.642. The van der Waals surface area contributed by atoms with Gasteiger partial charge in [-0.25, -0.2) is 0 Å². The molecular weight excluding hydrogens is 196 g/mol. The van der Waals surface area contributed by atoms with Crippen molar-refractivity contribution in [2.75, 3.05) is 0 Å². The zero-order chi connectivity index (χ0) is 12.2. The van der Waals surface area contributed by atoms with Crippen LogP contribution >= 0.6 is 0 Å². The quantitative estimate of drug-likeness (QED) is 0.300. The first-order valence-electron chi connectivity index (χ1n) is 6.77. The van der Waals surface area contributed by atoms with Crippen LogP contribution < -0.4 is 0 Å². The van der Waals surface area contributed by atoms with Gasteiger partial charge in [0.2, 0.25) is 0 Å². The third kappa shape index (κ3) is 9.88. The number of nitrogens with zero attached hydrogens (tertiary/aromatic N) is 2. The summed E-state index contributed by atoms with van der Waals surface area (Å²) in [7, 11) is 0. The summed E-state index contributed by atoms with van der Waals surface area (Å²) in [6.45, 7) is 8.56. The van der Waals surface area contributed by atoms with E-state index in [1.54, 1.807) is 0 Å². The highest BCUT2D eigenvalue weighted by Crippen LogP contribution is 2.06. The summed E-state index contributed by atoms with van der Waals surface area (Å²) in [5.74, 6) is 0. The SMILES string of the molecule is CCCCCCC/C(C)=N\N=C(\C)CCC. The predicted molar refractivity (Wildman–Crippen MR) is 74.5 cm³/mol. The molecule has 0 rings (SSSR count). The maximum absolute atomic E-state index is 4.27. The zero-order valence-corrected chi connectivity index (χ0v) is 11.6. The van der Waals surface area contributed by atoms with Crippen molar-refractivity contribution < 1.29 is 0 Å². The van der Waals surface area contributed by atoms with Gasteiger partial charge in [-0.3, -0.25) is 0 Å². The van der Waals surface area contributed by atoms with Crippen LogP contribution in [0, 0.1) is 0 Å². The molecular formula is C14H28N2. The maximum Gasteiger partial charge on any atom is 0.0375 e. The van der Waals surface area contributed by atoms with Crippen LogP contribution in [0.4, 0.5) is 0 Å². The molecule has 0 fully saturated rings. The summed E-state index contributed by atoms with van der Waals surface area (Å²) in [6, 6.07) is 0. The van der Waals surface area contributed by atoms with Crippen molar-refractivity contribution in [1.29, 1.82) is 0 Å². The lowest BCUT2D eigenvalue weighted by atomic mass is 10.1. The second-order valence-electron chi connectivity index (χ2n) is 4.58. The minimum absolute atomic E-state index is 1.06. The van der Waals surface area contributed by atoms with E-state index in [2.05, 4.69) is 37.9 Å². The van der Waals surface area contributed by atoms with Crippen LogP contribution in [-0.2, 0) is 0 Å². The molecule has 0 aromatic rings. The summed E-state index contributed by atoms with van der Waals surface area (Å²) in [6.07, 6.45) is 9.95. The van der Waals surface area contributed by atoms with E-state index in [0.717, 1.165) is 25.0 Å². The summed E-state index contributed by atoms with van der Waals surface area (Å²) in [5, 5.41) is 8.50. The van der Waals surface area contributed by atoms with Crippen LogP contribution in [0.2, 0.25) is 0 Å². The topological polar surface area (TPSA) is 24.7 Å². The molecule has 0 unspecified atom stereocenters. The molecule has 0 aromatic carbocycles. The van der Waals surface area contributed by atoms with Crippen molar-refractivity contribution in [3.05, 3.63) is 0 Å². The van der Waals surface area contributed by atoms with Crippen molar-refractivity contribution in [3.63, 3.8) is 0 Å². The number of hydrogen-bond donors (Lipinski definition) is 0. The number of hydrogen-bond acceptors (Lipinski definition) is 2. The molecule has 16 heavy (non-hydrogen) atoms. The van der Waals surface area contributed by atoms with E-state index in [1.165, 1.54) is 37.8 Å². The maximum atomic E-state index is 4.27. The minimum Gasteiger partial charge on any atom is -0.161 e. The van der Waals surface area contributed by atoms with Crippen molar-refractivity contribution in [2.45, 2.75) is 79.1 Å². The molecule has 0 saturated carbocycles. The zero-order valence-electron chi connectivity index (χ0n) is 11.6. The highest BCUT2D eigenvalue weighted by atomic mass is 15.2. The Kier molecular flexibility index (Phi) is 10.4. The average Bonchev–Trinajstić information content (AvgIpc) is 2.26. The van der Waals surface area contributed by atoms with Crippen LogP contribution in [0.25, 0.3) is 0 Å². The Hall–Kier alpha value is -0.660. The molecule has 0 aliphatic rings. The van der Waals surface area contributed by atoms with Gasteiger partial charge in [0.05, 0.1) is 0 Å². The highest BCUT2D eigenvalue weighted by molar-refractivity contribution is 5.85. The van der Waals surface area contributed by atoms with E-state index in [1.807, 2.05) is 0 Å². The molecule has 2 heteroatoms. The van der Waals surface area contributed by atoms with Crippen LogP contribution in [0.15, 0.2) is 10.2 Å². The largest absolute Gasteiger partial charge is 0.161 e. The van der Waals surface area contributed by atoms with Gasteiger partial charge < -0.3 is 0 Å². The summed E-state index contributed by atoms with van der Waals surface area (Å²) in [5.41, 5.74) is 2.32. The second kappa shape index (κ2) is 10.8. The molecule has 0 N–H and O–H groups in total. The first kappa shape index (κ1) is 15.3. The molecule has 0 aromatic heterocycles.